The molecule has 2 aromatic rings. The Morgan fingerprint density at radius 1 is 0.909 bits per heavy atom. The Morgan fingerprint density at radius 3 is 2.00 bits per heavy atom. The predicted octanol–water partition coefficient (Wildman–Crippen LogP) is 4.31. The van der Waals surface area contributed by atoms with E-state index in [0.717, 1.165) is 22.3 Å². The number of rotatable bonds is 9. The highest BCUT2D eigenvalue weighted by molar-refractivity contribution is 5.80. The van der Waals surface area contributed by atoms with Gasteiger partial charge in [0.1, 0.15) is 6.61 Å². The zero-order valence-corrected chi connectivity index (χ0v) is 19.6. The fourth-order valence-corrected chi connectivity index (χ4v) is 4.23. The van der Waals surface area contributed by atoms with E-state index in [1.165, 1.54) is 0 Å². The molecule has 0 saturated heterocycles. The van der Waals surface area contributed by atoms with Crippen LogP contribution < -0.4 is 10.6 Å². The Balaban J connectivity index is 1.53. The number of hydrogen-bond donors (Lipinski definition) is 3. The van der Waals surface area contributed by atoms with Crippen LogP contribution in [0.2, 0.25) is 0 Å². The van der Waals surface area contributed by atoms with Crippen molar-refractivity contribution in [3.8, 4) is 11.1 Å². The molecular formula is C26H32N2O5. The Bertz CT molecular complexity index is 999. The first-order chi connectivity index (χ1) is 15.5. The number of carbonyl (C=O) groups excluding carboxylic acids is 2. The summed E-state index contributed by atoms with van der Waals surface area (Å²) in [4.78, 5) is 35.8. The summed E-state index contributed by atoms with van der Waals surface area (Å²) in [5.74, 6) is -1.21. The SMILES string of the molecule is CC(C)(CNC(=O)CC(C)(C)NC(=O)OCC1c2ccccc2-c2ccccc21)CC(=O)O. The zero-order chi connectivity index (χ0) is 24.2. The molecule has 0 radical (unpaired) electrons. The Morgan fingerprint density at radius 2 is 1.45 bits per heavy atom. The maximum absolute atomic E-state index is 12.5. The second-order valence-electron chi connectivity index (χ2n) is 10.0. The third-order valence-corrected chi connectivity index (χ3v) is 5.78. The molecule has 33 heavy (non-hydrogen) atoms. The maximum atomic E-state index is 12.5. The third-order valence-electron chi connectivity index (χ3n) is 5.78. The summed E-state index contributed by atoms with van der Waals surface area (Å²) in [7, 11) is 0. The minimum atomic E-state index is -0.911. The number of benzene rings is 2. The van der Waals surface area contributed by atoms with Crippen LogP contribution in [0.3, 0.4) is 0 Å². The number of aliphatic carboxylic acids is 1. The number of alkyl carbamates (subject to hydrolysis) is 1. The monoisotopic (exact) mass is 452 g/mol. The van der Waals surface area contributed by atoms with Gasteiger partial charge in [-0.25, -0.2) is 4.79 Å². The molecule has 2 aromatic carbocycles. The molecule has 7 heteroatoms. The summed E-state index contributed by atoms with van der Waals surface area (Å²) in [6.07, 6.45) is -0.587. The van der Waals surface area contributed by atoms with Gasteiger partial charge in [0.25, 0.3) is 0 Å². The molecule has 3 rings (SSSR count). The normalized spacial score (nSPS) is 13.1. The highest BCUT2D eigenvalue weighted by Gasteiger charge is 2.31. The lowest BCUT2D eigenvalue weighted by molar-refractivity contribution is -0.139. The van der Waals surface area contributed by atoms with Crippen molar-refractivity contribution < 1.29 is 24.2 Å². The lowest BCUT2D eigenvalue weighted by atomic mass is 9.89. The summed E-state index contributed by atoms with van der Waals surface area (Å²) in [6, 6.07) is 16.2. The van der Waals surface area contributed by atoms with Gasteiger partial charge in [-0.1, -0.05) is 62.4 Å². The van der Waals surface area contributed by atoms with E-state index in [1.807, 2.05) is 24.3 Å². The van der Waals surface area contributed by atoms with E-state index in [-0.39, 0.29) is 37.8 Å². The first kappa shape index (κ1) is 24.3. The van der Waals surface area contributed by atoms with Gasteiger partial charge in [0.15, 0.2) is 0 Å². The van der Waals surface area contributed by atoms with Crippen molar-refractivity contribution in [2.75, 3.05) is 13.2 Å². The fourth-order valence-electron chi connectivity index (χ4n) is 4.23. The molecule has 0 aliphatic heterocycles. The van der Waals surface area contributed by atoms with Gasteiger partial charge in [0.2, 0.25) is 5.91 Å². The van der Waals surface area contributed by atoms with E-state index in [9.17, 15) is 14.4 Å². The maximum Gasteiger partial charge on any atom is 0.407 e. The molecule has 0 atom stereocenters. The van der Waals surface area contributed by atoms with Crippen molar-refractivity contribution >= 4 is 18.0 Å². The van der Waals surface area contributed by atoms with Crippen LogP contribution in [0.25, 0.3) is 11.1 Å². The summed E-state index contributed by atoms with van der Waals surface area (Å²) < 4.78 is 5.57. The zero-order valence-electron chi connectivity index (χ0n) is 19.6. The number of hydrogen-bond acceptors (Lipinski definition) is 4. The number of fused-ring (bicyclic) bond motifs is 3. The standard InChI is InChI=1S/C26H32N2O5/c1-25(2,14-23(30)31)16-27-22(29)13-26(3,4)28-24(32)33-15-21-19-11-7-5-9-17(19)18-10-6-8-12-20(18)21/h5-12,21H,13-16H2,1-4H3,(H,27,29)(H,28,32)(H,30,31). The van der Waals surface area contributed by atoms with E-state index in [1.54, 1.807) is 27.7 Å². The molecule has 2 amide bonds. The van der Waals surface area contributed by atoms with Crippen molar-refractivity contribution in [2.24, 2.45) is 5.41 Å². The van der Waals surface area contributed by atoms with Crippen molar-refractivity contribution in [3.05, 3.63) is 59.7 Å². The van der Waals surface area contributed by atoms with Crippen LogP contribution in [-0.4, -0.2) is 41.8 Å². The molecule has 1 aliphatic carbocycles. The Labute approximate surface area is 194 Å². The average Bonchev–Trinajstić information content (AvgIpc) is 3.03. The van der Waals surface area contributed by atoms with Crippen LogP contribution in [0.15, 0.2) is 48.5 Å². The van der Waals surface area contributed by atoms with Crippen LogP contribution in [0.1, 0.15) is 57.6 Å². The molecule has 0 aromatic heterocycles. The molecule has 176 valence electrons. The summed E-state index contributed by atoms with van der Waals surface area (Å²) in [5.41, 5.74) is 3.19. The lowest BCUT2D eigenvalue weighted by Gasteiger charge is -2.27. The van der Waals surface area contributed by atoms with Crippen LogP contribution in [0.4, 0.5) is 4.79 Å². The van der Waals surface area contributed by atoms with E-state index in [2.05, 4.69) is 34.9 Å². The molecule has 0 spiro atoms. The van der Waals surface area contributed by atoms with Crippen LogP contribution >= 0.6 is 0 Å². The lowest BCUT2D eigenvalue weighted by Crippen LogP contribution is -2.48. The van der Waals surface area contributed by atoms with E-state index in [0.29, 0.717) is 0 Å². The van der Waals surface area contributed by atoms with Gasteiger partial charge in [0, 0.05) is 24.4 Å². The second-order valence-corrected chi connectivity index (χ2v) is 10.0. The van der Waals surface area contributed by atoms with Gasteiger partial charge in [-0.2, -0.15) is 0 Å². The number of amides is 2. The van der Waals surface area contributed by atoms with E-state index < -0.39 is 23.0 Å². The van der Waals surface area contributed by atoms with Crippen LogP contribution in [-0.2, 0) is 14.3 Å². The highest BCUT2D eigenvalue weighted by atomic mass is 16.5. The van der Waals surface area contributed by atoms with Crippen molar-refractivity contribution in [3.63, 3.8) is 0 Å². The first-order valence-corrected chi connectivity index (χ1v) is 11.1. The topological polar surface area (TPSA) is 105 Å². The summed E-state index contributed by atoms with van der Waals surface area (Å²) >= 11 is 0. The van der Waals surface area contributed by atoms with Gasteiger partial charge < -0.3 is 20.5 Å². The fraction of sp³-hybridized carbons (Fsp3) is 0.423. The van der Waals surface area contributed by atoms with E-state index >= 15 is 0 Å². The Hall–Kier alpha value is -3.35. The largest absolute Gasteiger partial charge is 0.481 e. The number of carbonyl (C=O) groups is 3. The molecule has 7 nitrogen and oxygen atoms in total. The first-order valence-electron chi connectivity index (χ1n) is 11.1. The molecule has 0 heterocycles. The number of carboxylic acid groups (broad SMARTS) is 1. The van der Waals surface area contributed by atoms with E-state index in [4.69, 9.17) is 9.84 Å². The summed E-state index contributed by atoms with van der Waals surface area (Å²) in [6.45, 7) is 7.49. The van der Waals surface area contributed by atoms with Crippen LogP contribution in [0.5, 0.6) is 0 Å². The molecular weight excluding hydrogens is 420 g/mol. The van der Waals surface area contributed by atoms with Gasteiger partial charge in [0.05, 0.1) is 6.42 Å². The minimum absolute atomic E-state index is 0.0361. The van der Waals surface area contributed by atoms with Crippen molar-refractivity contribution in [1.29, 1.82) is 0 Å². The van der Waals surface area contributed by atoms with Crippen LogP contribution in [0, 0.1) is 5.41 Å². The second kappa shape index (κ2) is 9.65. The van der Waals surface area contributed by atoms with Crippen molar-refractivity contribution in [2.45, 2.75) is 52.0 Å². The summed E-state index contributed by atoms with van der Waals surface area (Å²) in [5, 5.41) is 14.5. The predicted molar refractivity (Wildman–Crippen MR) is 126 cm³/mol. The van der Waals surface area contributed by atoms with Gasteiger partial charge in [-0.15, -0.1) is 0 Å². The number of carboxylic acids is 1. The van der Waals surface area contributed by atoms with Gasteiger partial charge in [-0.05, 0) is 41.5 Å². The molecule has 0 saturated carbocycles. The molecule has 0 fully saturated rings. The molecule has 0 bridgehead atoms. The quantitative estimate of drug-likeness (QED) is 0.526. The molecule has 3 N–H and O–H groups in total. The van der Waals surface area contributed by atoms with Gasteiger partial charge in [-0.3, -0.25) is 9.59 Å². The average molecular weight is 453 g/mol. The van der Waals surface area contributed by atoms with Gasteiger partial charge >= 0.3 is 12.1 Å². The molecule has 0 unspecified atom stereocenters. The Kier molecular flexibility index (Phi) is 7.10. The number of ether oxygens (including phenoxy) is 1. The third kappa shape index (κ3) is 6.34. The minimum Gasteiger partial charge on any atom is -0.481 e. The highest BCUT2D eigenvalue weighted by Crippen LogP contribution is 2.44. The molecule has 1 aliphatic rings. The van der Waals surface area contributed by atoms with Crippen molar-refractivity contribution in [1.82, 2.24) is 10.6 Å². The number of nitrogens with one attached hydrogen (secondary N) is 2. The smallest absolute Gasteiger partial charge is 0.407 e.